The van der Waals surface area contributed by atoms with Gasteiger partial charge in [-0.1, -0.05) is 11.6 Å². The van der Waals surface area contributed by atoms with E-state index >= 15 is 0 Å². The van der Waals surface area contributed by atoms with Crippen molar-refractivity contribution in [2.24, 2.45) is 0 Å². The summed E-state index contributed by atoms with van der Waals surface area (Å²) in [6.07, 6.45) is 0. The van der Waals surface area contributed by atoms with E-state index in [0.717, 1.165) is 0 Å². The second kappa shape index (κ2) is 4.95. The Balaban J connectivity index is 2.99. The van der Waals surface area contributed by atoms with Crippen LogP contribution >= 0.6 is 11.6 Å². The predicted octanol–water partition coefficient (Wildman–Crippen LogP) is 0.0588. The standard InChI is InChI=1S/C9H11ClN2O3/c1-5-7(10)4-6(9(15)12-5)8(14)11-2-3-13/h4,13H,2-3H2,1H3,(H,11,14)(H,12,15). The summed E-state index contributed by atoms with van der Waals surface area (Å²) in [6, 6.07) is 1.31. The number of halogens is 1. The summed E-state index contributed by atoms with van der Waals surface area (Å²) < 4.78 is 0. The summed E-state index contributed by atoms with van der Waals surface area (Å²) in [7, 11) is 0. The third kappa shape index (κ3) is 2.81. The first-order valence-corrected chi connectivity index (χ1v) is 4.72. The minimum absolute atomic E-state index is 0.0564. The van der Waals surface area contributed by atoms with E-state index in [0.29, 0.717) is 10.7 Å². The minimum Gasteiger partial charge on any atom is -0.395 e. The fourth-order valence-electron chi connectivity index (χ4n) is 1.03. The molecule has 0 unspecified atom stereocenters. The van der Waals surface area contributed by atoms with Crippen LogP contribution < -0.4 is 10.9 Å². The summed E-state index contributed by atoms with van der Waals surface area (Å²) in [5.74, 6) is -0.549. The first-order chi connectivity index (χ1) is 7.06. The minimum atomic E-state index is -0.549. The Morgan fingerprint density at radius 2 is 2.33 bits per heavy atom. The summed E-state index contributed by atoms with van der Waals surface area (Å²) in [5.41, 5.74) is -0.0354. The number of aryl methyl sites for hydroxylation is 1. The van der Waals surface area contributed by atoms with E-state index in [4.69, 9.17) is 16.7 Å². The second-order valence-electron chi connectivity index (χ2n) is 2.96. The molecule has 3 N–H and O–H groups in total. The molecule has 0 aromatic carbocycles. The molecule has 1 amide bonds. The maximum Gasteiger partial charge on any atom is 0.261 e. The molecule has 0 saturated carbocycles. The van der Waals surface area contributed by atoms with E-state index < -0.39 is 11.5 Å². The zero-order chi connectivity index (χ0) is 11.4. The highest BCUT2D eigenvalue weighted by Gasteiger charge is 2.11. The van der Waals surface area contributed by atoms with Crippen molar-refractivity contribution in [1.29, 1.82) is 0 Å². The van der Waals surface area contributed by atoms with Gasteiger partial charge in [-0.05, 0) is 13.0 Å². The SMILES string of the molecule is Cc1[nH]c(=O)c(C(=O)NCCO)cc1Cl. The number of amides is 1. The van der Waals surface area contributed by atoms with Crippen LogP contribution in [0.3, 0.4) is 0 Å². The van der Waals surface area contributed by atoms with Crippen LogP contribution in [0.2, 0.25) is 5.02 Å². The number of nitrogens with one attached hydrogen (secondary N) is 2. The highest BCUT2D eigenvalue weighted by Crippen LogP contribution is 2.11. The quantitative estimate of drug-likeness (QED) is 0.687. The number of pyridine rings is 1. The molecule has 6 heteroatoms. The number of hydrogen-bond acceptors (Lipinski definition) is 3. The Hall–Kier alpha value is -1.33. The maximum absolute atomic E-state index is 11.4. The van der Waals surface area contributed by atoms with Crippen molar-refractivity contribution in [3.05, 3.63) is 32.7 Å². The van der Waals surface area contributed by atoms with Gasteiger partial charge in [-0.25, -0.2) is 0 Å². The lowest BCUT2D eigenvalue weighted by atomic mass is 10.2. The largest absolute Gasteiger partial charge is 0.395 e. The molecule has 0 saturated heterocycles. The van der Waals surface area contributed by atoms with Gasteiger partial charge in [0.15, 0.2) is 0 Å². The predicted molar refractivity (Wildman–Crippen MR) is 56.2 cm³/mol. The lowest BCUT2D eigenvalue weighted by Crippen LogP contribution is -2.31. The van der Waals surface area contributed by atoms with E-state index in [1.165, 1.54) is 6.07 Å². The van der Waals surface area contributed by atoms with Crippen LogP contribution in [0, 0.1) is 6.92 Å². The van der Waals surface area contributed by atoms with Crippen LogP contribution in [0.25, 0.3) is 0 Å². The van der Waals surface area contributed by atoms with Crippen molar-refractivity contribution in [3.63, 3.8) is 0 Å². The molecule has 1 rings (SSSR count). The van der Waals surface area contributed by atoms with E-state index in [-0.39, 0.29) is 18.7 Å². The fraction of sp³-hybridized carbons (Fsp3) is 0.333. The monoisotopic (exact) mass is 230 g/mol. The number of aliphatic hydroxyl groups excluding tert-OH is 1. The Morgan fingerprint density at radius 1 is 1.67 bits per heavy atom. The van der Waals surface area contributed by atoms with Crippen molar-refractivity contribution < 1.29 is 9.90 Å². The molecule has 0 aliphatic rings. The van der Waals surface area contributed by atoms with Crippen LogP contribution in [0.1, 0.15) is 16.1 Å². The Labute approximate surface area is 91.1 Å². The topological polar surface area (TPSA) is 82.2 Å². The van der Waals surface area contributed by atoms with Gasteiger partial charge >= 0.3 is 0 Å². The number of aromatic amines is 1. The average molecular weight is 231 g/mol. The second-order valence-corrected chi connectivity index (χ2v) is 3.37. The number of hydrogen-bond donors (Lipinski definition) is 3. The van der Waals surface area contributed by atoms with Gasteiger partial charge in [0.1, 0.15) is 5.56 Å². The van der Waals surface area contributed by atoms with Crippen LogP contribution in [0.4, 0.5) is 0 Å². The van der Waals surface area contributed by atoms with Crippen molar-refractivity contribution in [2.75, 3.05) is 13.2 Å². The van der Waals surface area contributed by atoms with Crippen molar-refractivity contribution >= 4 is 17.5 Å². The highest BCUT2D eigenvalue weighted by molar-refractivity contribution is 6.31. The molecule has 1 aromatic rings. The fourth-order valence-corrected chi connectivity index (χ4v) is 1.19. The molecule has 0 bridgehead atoms. The molecule has 82 valence electrons. The van der Waals surface area contributed by atoms with Crippen LogP contribution in [-0.2, 0) is 0 Å². The summed E-state index contributed by atoms with van der Waals surface area (Å²) in [5, 5.41) is 11.2. The first-order valence-electron chi connectivity index (χ1n) is 4.34. The molecular weight excluding hydrogens is 220 g/mol. The molecule has 0 spiro atoms. The molecule has 0 radical (unpaired) electrons. The van der Waals surface area contributed by atoms with E-state index in [1.54, 1.807) is 6.92 Å². The van der Waals surface area contributed by atoms with Crippen LogP contribution in [-0.4, -0.2) is 29.1 Å². The highest BCUT2D eigenvalue weighted by atomic mass is 35.5. The number of aliphatic hydroxyl groups is 1. The third-order valence-electron chi connectivity index (χ3n) is 1.82. The molecule has 0 atom stereocenters. The zero-order valence-corrected chi connectivity index (χ0v) is 8.89. The van der Waals surface area contributed by atoms with Gasteiger partial charge in [-0.15, -0.1) is 0 Å². The number of H-pyrrole nitrogens is 1. The smallest absolute Gasteiger partial charge is 0.261 e. The van der Waals surface area contributed by atoms with Gasteiger partial charge in [0.2, 0.25) is 0 Å². The molecule has 0 aliphatic carbocycles. The summed E-state index contributed by atoms with van der Waals surface area (Å²) in [6.45, 7) is 1.56. The van der Waals surface area contributed by atoms with Gasteiger partial charge in [0, 0.05) is 12.2 Å². The van der Waals surface area contributed by atoms with Crippen molar-refractivity contribution in [1.82, 2.24) is 10.3 Å². The van der Waals surface area contributed by atoms with Crippen LogP contribution in [0.5, 0.6) is 0 Å². The van der Waals surface area contributed by atoms with Crippen LogP contribution in [0.15, 0.2) is 10.9 Å². The summed E-state index contributed by atoms with van der Waals surface area (Å²) >= 11 is 5.76. The Bertz CT molecular complexity index is 428. The van der Waals surface area contributed by atoms with E-state index in [9.17, 15) is 9.59 Å². The molecule has 1 aromatic heterocycles. The molecule has 0 fully saturated rings. The van der Waals surface area contributed by atoms with E-state index in [1.807, 2.05) is 0 Å². The van der Waals surface area contributed by atoms with Gasteiger partial charge in [0.05, 0.1) is 11.6 Å². The average Bonchev–Trinajstić information content (AvgIpc) is 2.20. The molecule has 15 heavy (non-hydrogen) atoms. The maximum atomic E-state index is 11.4. The molecule has 5 nitrogen and oxygen atoms in total. The normalized spacial score (nSPS) is 10.1. The lowest BCUT2D eigenvalue weighted by molar-refractivity contribution is 0.0943. The van der Waals surface area contributed by atoms with Gasteiger partial charge in [-0.2, -0.15) is 0 Å². The van der Waals surface area contributed by atoms with Crippen molar-refractivity contribution in [3.8, 4) is 0 Å². The Morgan fingerprint density at radius 3 is 2.93 bits per heavy atom. The number of carbonyl (C=O) groups excluding carboxylic acids is 1. The molecule has 1 heterocycles. The zero-order valence-electron chi connectivity index (χ0n) is 8.13. The number of aromatic nitrogens is 1. The lowest BCUT2D eigenvalue weighted by Gasteiger charge is -2.04. The molecule has 0 aliphatic heterocycles. The Kier molecular flexibility index (Phi) is 3.88. The number of rotatable bonds is 3. The van der Waals surface area contributed by atoms with Gasteiger partial charge in [0.25, 0.3) is 11.5 Å². The van der Waals surface area contributed by atoms with Gasteiger partial charge in [-0.3, -0.25) is 9.59 Å². The first kappa shape index (κ1) is 11.7. The third-order valence-corrected chi connectivity index (χ3v) is 2.21. The summed E-state index contributed by atoms with van der Waals surface area (Å²) in [4.78, 5) is 25.2. The van der Waals surface area contributed by atoms with Crippen molar-refractivity contribution in [2.45, 2.75) is 6.92 Å². The van der Waals surface area contributed by atoms with E-state index in [2.05, 4.69) is 10.3 Å². The molecular formula is C9H11ClN2O3. The van der Waals surface area contributed by atoms with Gasteiger partial charge < -0.3 is 15.4 Å². The number of carbonyl (C=O) groups is 1.